The standard InChI is InChI=1S/C29H26Cl2N4O4/c1-2-35-24-15-34(28(37)26(24)27(33-29(35)38)22-12-11-19(30)13-23(22)31)16-25(36)32-20-9-6-10-21(14-20)39-17-18-7-4-3-5-8-18/h3-14,27H,2,15-17H2,1H3,(H,32,36)(H,33,38)/t27-/m1/s1. The molecule has 0 saturated carbocycles. The highest BCUT2D eigenvalue weighted by molar-refractivity contribution is 6.35. The summed E-state index contributed by atoms with van der Waals surface area (Å²) >= 11 is 12.5. The molecule has 1 atom stereocenters. The highest BCUT2D eigenvalue weighted by atomic mass is 35.5. The minimum absolute atomic E-state index is 0.130. The molecule has 4 amide bonds. The number of urea groups is 1. The molecule has 2 N–H and O–H groups in total. The normalized spacial score (nSPS) is 16.7. The number of likely N-dealkylation sites (N-methyl/N-ethyl adjacent to an activating group) is 1. The first-order valence-corrected chi connectivity index (χ1v) is 13.2. The first-order valence-electron chi connectivity index (χ1n) is 12.5. The number of carbonyl (C=O) groups is 3. The second kappa shape index (κ2) is 11.4. The largest absolute Gasteiger partial charge is 0.489 e. The number of rotatable bonds is 8. The lowest BCUT2D eigenvalue weighted by atomic mass is 9.95. The average Bonchev–Trinajstić information content (AvgIpc) is 3.23. The van der Waals surface area contributed by atoms with Crippen molar-refractivity contribution in [3.05, 3.63) is 105 Å². The molecule has 0 saturated heterocycles. The third-order valence-electron chi connectivity index (χ3n) is 6.59. The van der Waals surface area contributed by atoms with E-state index in [1.165, 1.54) is 9.80 Å². The number of anilines is 1. The van der Waals surface area contributed by atoms with Gasteiger partial charge in [0.05, 0.1) is 23.9 Å². The average molecular weight is 565 g/mol. The van der Waals surface area contributed by atoms with Crippen molar-refractivity contribution in [1.29, 1.82) is 0 Å². The molecule has 200 valence electrons. The van der Waals surface area contributed by atoms with Crippen molar-refractivity contribution in [2.75, 3.05) is 25.0 Å². The summed E-state index contributed by atoms with van der Waals surface area (Å²) in [5.41, 5.74) is 3.09. The van der Waals surface area contributed by atoms with Crippen LogP contribution < -0.4 is 15.4 Å². The SMILES string of the molecule is CCN1C(=O)N[C@H](c2ccc(Cl)cc2Cl)C2=C1CN(CC(=O)Nc1cccc(OCc3ccccc3)c1)C2=O. The Balaban J connectivity index is 1.28. The van der Waals surface area contributed by atoms with E-state index in [4.69, 9.17) is 27.9 Å². The number of nitrogens with zero attached hydrogens (tertiary/aromatic N) is 2. The Hall–Kier alpha value is -4.01. The van der Waals surface area contributed by atoms with Gasteiger partial charge >= 0.3 is 6.03 Å². The van der Waals surface area contributed by atoms with Crippen molar-refractivity contribution in [1.82, 2.24) is 15.1 Å². The lowest BCUT2D eigenvalue weighted by Crippen LogP contribution is -2.47. The third kappa shape index (κ3) is 5.72. The predicted molar refractivity (Wildman–Crippen MR) is 150 cm³/mol. The molecule has 2 heterocycles. The van der Waals surface area contributed by atoms with Crippen LogP contribution in [-0.2, 0) is 16.2 Å². The van der Waals surface area contributed by atoms with Gasteiger partial charge in [0.2, 0.25) is 5.91 Å². The zero-order valence-corrected chi connectivity index (χ0v) is 22.6. The number of amides is 4. The number of benzene rings is 3. The van der Waals surface area contributed by atoms with Gasteiger partial charge in [0, 0.05) is 28.3 Å². The smallest absolute Gasteiger partial charge is 0.322 e. The van der Waals surface area contributed by atoms with Crippen molar-refractivity contribution in [3.8, 4) is 5.75 Å². The fourth-order valence-corrected chi connectivity index (χ4v) is 5.28. The molecule has 5 rings (SSSR count). The molecule has 2 aliphatic rings. The van der Waals surface area contributed by atoms with Gasteiger partial charge in [-0.1, -0.05) is 65.7 Å². The van der Waals surface area contributed by atoms with Gasteiger partial charge in [-0.25, -0.2) is 4.79 Å². The quantitative estimate of drug-likeness (QED) is 0.383. The van der Waals surface area contributed by atoms with Gasteiger partial charge in [-0.2, -0.15) is 0 Å². The second-order valence-electron chi connectivity index (χ2n) is 9.16. The lowest BCUT2D eigenvalue weighted by Gasteiger charge is -2.33. The monoisotopic (exact) mass is 564 g/mol. The molecule has 0 aliphatic carbocycles. The van der Waals surface area contributed by atoms with Crippen LogP contribution in [0.4, 0.5) is 10.5 Å². The Bertz CT molecular complexity index is 1460. The maximum atomic E-state index is 13.6. The molecule has 0 fully saturated rings. The summed E-state index contributed by atoms with van der Waals surface area (Å²) in [7, 11) is 0. The van der Waals surface area contributed by atoms with Crippen LogP contribution in [0.1, 0.15) is 24.1 Å². The molecule has 0 unspecified atom stereocenters. The summed E-state index contributed by atoms with van der Waals surface area (Å²) in [4.78, 5) is 42.3. The van der Waals surface area contributed by atoms with E-state index < -0.39 is 6.04 Å². The number of ether oxygens (including phenoxy) is 1. The molecule has 8 nitrogen and oxygen atoms in total. The number of hydrogen-bond donors (Lipinski definition) is 2. The summed E-state index contributed by atoms with van der Waals surface area (Å²) in [6.45, 7) is 2.54. The van der Waals surface area contributed by atoms with E-state index in [9.17, 15) is 14.4 Å². The van der Waals surface area contributed by atoms with Crippen molar-refractivity contribution in [2.24, 2.45) is 0 Å². The lowest BCUT2D eigenvalue weighted by molar-refractivity contribution is -0.130. The predicted octanol–water partition coefficient (Wildman–Crippen LogP) is 5.39. The number of nitrogens with one attached hydrogen (secondary N) is 2. The Kier molecular flexibility index (Phi) is 7.77. The number of halogens is 2. The molecule has 0 bridgehead atoms. The maximum absolute atomic E-state index is 13.6. The molecule has 10 heteroatoms. The Labute approximate surface area is 236 Å². The summed E-state index contributed by atoms with van der Waals surface area (Å²) in [5.74, 6) is -0.0988. The van der Waals surface area contributed by atoms with Gasteiger partial charge < -0.3 is 20.3 Å². The van der Waals surface area contributed by atoms with Gasteiger partial charge in [-0.15, -0.1) is 0 Å². The highest BCUT2D eigenvalue weighted by Gasteiger charge is 2.44. The van der Waals surface area contributed by atoms with E-state index in [2.05, 4.69) is 10.6 Å². The van der Waals surface area contributed by atoms with Gasteiger partial charge in [0.25, 0.3) is 5.91 Å². The van der Waals surface area contributed by atoms with Gasteiger partial charge in [-0.05, 0) is 42.3 Å². The van der Waals surface area contributed by atoms with E-state index in [1.54, 1.807) is 36.4 Å². The fraction of sp³-hybridized carbons (Fsp3) is 0.207. The molecule has 3 aromatic rings. The highest BCUT2D eigenvalue weighted by Crippen LogP contribution is 2.39. The van der Waals surface area contributed by atoms with Crippen molar-refractivity contribution in [3.63, 3.8) is 0 Å². The van der Waals surface area contributed by atoms with E-state index in [-0.39, 0.29) is 30.9 Å². The maximum Gasteiger partial charge on any atom is 0.322 e. The van der Waals surface area contributed by atoms with Crippen LogP contribution in [0.5, 0.6) is 5.75 Å². The van der Waals surface area contributed by atoms with Crippen LogP contribution in [0.15, 0.2) is 84.1 Å². The fourth-order valence-electron chi connectivity index (χ4n) is 4.76. The van der Waals surface area contributed by atoms with Gasteiger partial charge in [-0.3, -0.25) is 14.5 Å². The first-order chi connectivity index (χ1) is 18.8. The van der Waals surface area contributed by atoms with Crippen LogP contribution in [0.3, 0.4) is 0 Å². The van der Waals surface area contributed by atoms with E-state index >= 15 is 0 Å². The summed E-state index contributed by atoms with van der Waals surface area (Å²) in [5, 5.41) is 6.50. The zero-order chi connectivity index (χ0) is 27.5. The third-order valence-corrected chi connectivity index (χ3v) is 7.15. The van der Waals surface area contributed by atoms with Crippen molar-refractivity contribution in [2.45, 2.75) is 19.6 Å². The summed E-state index contributed by atoms with van der Waals surface area (Å²) < 4.78 is 5.85. The molecular weight excluding hydrogens is 539 g/mol. The zero-order valence-electron chi connectivity index (χ0n) is 21.1. The molecule has 0 aromatic heterocycles. The van der Waals surface area contributed by atoms with Crippen LogP contribution in [0.25, 0.3) is 0 Å². The van der Waals surface area contributed by atoms with Crippen LogP contribution in [0.2, 0.25) is 10.0 Å². The van der Waals surface area contributed by atoms with Crippen molar-refractivity contribution < 1.29 is 19.1 Å². The van der Waals surface area contributed by atoms with Gasteiger partial charge in [0.15, 0.2) is 0 Å². The van der Waals surface area contributed by atoms with Crippen LogP contribution in [-0.4, -0.2) is 47.3 Å². The topological polar surface area (TPSA) is 91.0 Å². The Morgan fingerprint density at radius 3 is 2.59 bits per heavy atom. The number of carbonyl (C=O) groups excluding carboxylic acids is 3. The van der Waals surface area contributed by atoms with Crippen molar-refractivity contribution >= 4 is 46.7 Å². The van der Waals surface area contributed by atoms with E-state index in [0.29, 0.717) is 51.5 Å². The molecule has 0 radical (unpaired) electrons. The van der Waals surface area contributed by atoms with E-state index in [1.807, 2.05) is 43.3 Å². The minimum atomic E-state index is -0.751. The second-order valence-corrected chi connectivity index (χ2v) is 10.0. The molecule has 3 aromatic carbocycles. The van der Waals surface area contributed by atoms with Gasteiger partial charge in [0.1, 0.15) is 18.9 Å². The first kappa shape index (κ1) is 26.6. The Morgan fingerprint density at radius 2 is 1.85 bits per heavy atom. The molecular formula is C29H26Cl2N4O4. The minimum Gasteiger partial charge on any atom is -0.489 e. The summed E-state index contributed by atoms with van der Waals surface area (Å²) in [6, 6.07) is 20.7. The van der Waals surface area contributed by atoms with E-state index in [0.717, 1.165) is 5.56 Å². The number of hydrogen-bond acceptors (Lipinski definition) is 4. The molecule has 39 heavy (non-hydrogen) atoms. The van der Waals surface area contributed by atoms with Crippen LogP contribution in [0, 0.1) is 0 Å². The van der Waals surface area contributed by atoms with Crippen LogP contribution >= 0.6 is 23.2 Å². The Morgan fingerprint density at radius 1 is 1.05 bits per heavy atom. The summed E-state index contributed by atoms with van der Waals surface area (Å²) in [6.07, 6.45) is 0. The molecule has 0 spiro atoms. The molecule has 2 aliphatic heterocycles.